The largest absolute Gasteiger partial charge is 0.283 e. The van der Waals surface area contributed by atoms with E-state index >= 15 is 0 Å². The molecular weight excluding hydrogens is 430 g/mol. The smallest absolute Gasteiger partial charge is 0.267 e. The fraction of sp³-hybridized carbons (Fsp3) is 0.0435. The van der Waals surface area contributed by atoms with Gasteiger partial charge in [-0.15, -0.1) is 0 Å². The minimum Gasteiger partial charge on any atom is -0.267 e. The van der Waals surface area contributed by atoms with Gasteiger partial charge in [0.1, 0.15) is 0 Å². The molecule has 0 fully saturated rings. The Bertz CT molecular complexity index is 1570. The number of thiazole rings is 1. The maximum absolute atomic E-state index is 12.9. The maximum atomic E-state index is 12.9. The molecule has 152 valence electrons. The molecule has 6 nitrogen and oxygen atoms in total. The van der Waals surface area contributed by atoms with Gasteiger partial charge in [-0.25, -0.2) is 9.38 Å². The van der Waals surface area contributed by atoms with E-state index in [4.69, 9.17) is 0 Å². The molecule has 31 heavy (non-hydrogen) atoms. The summed E-state index contributed by atoms with van der Waals surface area (Å²) in [5, 5.41) is 11.7. The molecule has 0 radical (unpaired) electrons. The lowest BCUT2D eigenvalue weighted by atomic mass is 10.2. The quantitative estimate of drug-likeness (QED) is 0.293. The van der Waals surface area contributed by atoms with Crippen LogP contribution >= 0.6 is 23.1 Å². The van der Waals surface area contributed by atoms with Gasteiger partial charge in [0, 0.05) is 11.0 Å². The van der Waals surface area contributed by atoms with E-state index in [2.05, 4.69) is 4.98 Å². The number of para-hydroxylation sites is 2. The van der Waals surface area contributed by atoms with Gasteiger partial charge < -0.3 is 0 Å². The molecule has 0 spiro atoms. The van der Waals surface area contributed by atoms with Crippen LogP contribution in [0.5, 0.6) is 0 Å². The molecule has 0 aliphatic rings. The van der Waals surface area contributed by atoms with E-state index in [1.807, 2.05) is 55.5 Å². The van der Waals surface area contributed by atoms with Gasteiger partial charge >= 0.3 is 0 Å². The summed E-state index contributed by atoms with van der Waals surface area (Å²) in [5.74, 6) is 0. The number of rotatable bonds is 4. The number of benzene rings is 3. The van der Waals surface area contributed by atoms with E-state index in [1.165, 1.54) is 29.2 Å². The Hall–Kier alpha value is -3.49. The molecule has 0 bridgehead atoms. The number of nitro benzene ring substituents is 1. The van der Waals surface area contributed by atoms with Crippen molar-refractivity contribution < 1.29 is 4.92 Å². The molecule has 0 atom stereocenters. The Morgan fingerprint density at radius 3 is 2.65 bits per heavy atom. The lowest BCUT2D eigenvalue weighted by molar-refractivity contribution is -0.387. The highest BCUT2D eigenvalue weighted by atomic mass is 32.2. The Morgan fingerprint density at radius 1 is 1.10 bits per heavy atom. The molecule has 0 amide bonds. The molecule has 0 N–H and O–H groups in total. The van der Waals surface area contributed by atoms with Crippen molar-refractivity contribution in [1.82, 2.24) is 9.38 Å². The molecule has 0 saturated carbocycles. The van der Waals surface area contributed by atoms with Crippen molar-refractivity contribution in [2.45, 2.75) is 16.7 Å². The van der Waals surface area contributed by atoms with Gasteiger partial charge in [0.25, 0.3) is 11.2 Å². The van der Waals surface area contributed by atoms with Gasteiger partial charge in [-0.1, -0.05) is 59.0 Å². The third-order valence-corrected chi connectivity index (χ3v) is 6.91. The van der Waals surface area contributed by atoms with Gasteiger partial charge in [-0.3, -0.25) is 14.9 Å². The van der Waals surface area contributed by atoms with Crippen LogP contribution < -0.4 is 10.1 Å². The van der Waals surface area contributed by atoms with Crippen molar-refractivity contribution in [3.8, 4) is 0 Å². The zero-order valence-electron chi connectivity index (χ0n) is 16.3. The average molecular weight is 446 g/mol. The Kier molecular flexibility index (Phi) is 4.80. The van der Waals surface area contributed by atoms with Crippen LogP contribution in [0.3, 0.4) is 0 Å². The standard InChI is InChI=1S/C23H15N3O3S2/c1-14-6-9-16(10-7-14)30-20-11-8-15(12-19(20)26(28)29)13-21-22(27)25-18-5-3-2-4-17(18)24-23(25)31-21/h2-13H,1H3. The van der Waals surface area contributed by atoms with Crippen molar-refractivity contribution in [3.05, 3.63) is 103 Å². The highest BCUT2D eigenvalue weighted by molar-refractivity contribution is 7.99. The van der Waals surface area contributed by atoms with Gasteiger partial charge in [0.2, 0.25) is 0 Å². The zero-order chi connectivity index (χ0) is 21.5. The van der Waals surface area contributed by atoms with Crippen molar-refractivity contribution in [3.63, 3.8) is 0 Å². The number of aryl methyl sites for hydroxylation is 1. The van der Waals surface area contributed by atoms with Crippen LogP contribution in [0.15, 0.2) is 81.3 Å². The summed E-state index contributed by atoms with van der Waals surface area (Å²) in [6, 6.07) is 20.3. The van der Waals surface area contributed by atoms with E-state index in [0.717, 1.165) is 21.5 Å². The lowest BCUT2D eigenvalue weighted by Gasteiger charge is -2.04. The summed E-state index contributed by atoms with van der Waals surface area (Å²) in [7, 11) is 0. The third kappa shape index (κ3) is 3.60. The molecule has 0 aliphatic carbocycles. The first-order valence-corrected chi connectivity index (χ1v) is 11.1. The summed E-state index contributed by atoms with van der Waals surface area (Å²) in [6.45, 7) is 2.00. The summed E-state index contributed by atoms with van der Waals surface area (Å²) < 4.78 is 2.07. The van der Waals surface area contributed by atoms with Crippen molar-refractivity contribution >= 4 is 50.9 Å². The SMILES string of the molecule is Cc1ccc(Sc2ccc(C=c3sc4nc5ccccc5n4c3=O)cc2[N+](=O)[O-])cc1. The Balaban J connectivity index is 1.57. The summed E-state index contributed by atoms with van der Waals surface area (Å²) >= 11 is 2.62. The van der Waals surface area contributed by atoms with Crippen LogP contribution in [0.25, 0.3) is 22.1 Å². The highest BCUT2D eigenvalue weighted by Gasteiger charge is 2.16. The van der Waals surface area contributed by atoms with E-state index in [0.29, 0.717) is 20.0 Å². The fourth-order valence-electron chi connectivity index (χ4n) is 3.35. The Morgan fingerprint density at radius 2 is 1.87 bits per heavy atom. The van der Waals surface area contributed by atoms with Gasteiger partial charge in [0.05, 0.1) is 25.4 Å². The lowest BCUT2D eigenvalue weighted by Crippen LogP contribution is -2.22. The second-order valence-electron chi connectivity index (χ2n) is 7.03. The summed E-state index contributed by atoms with van der Waals surface area (Å²) in [5.41, 5.74) is 3.10. The molecular formula is C23H15N3O3S2. The second-order valence-corrected chi connectivity index (χ2v) is 9.16. The summed E-state index contributed by atoms with van der Waals surface area (Å²) in [6.07, 6.45) is 1.68. The molecule has 3 aromatic carbocycles. The second kappa shape index (κ2) is 7.64. The third-order valence-electron chi connectivity index (χ3n) is 4.87. The predicted molar refractivity (Wildman–Crippen MR) is 124 cm³/mol. The minimum absolute atomic E-state index is 0.0126. The molecule has 5 rings (SSSR count). The normalized spacial score (nSPS) is 12.1. The first-order valence-electron chi connectivity index (χ1n) is 9.44. The predicted octanol–water partition coefficient (Wildman–Crippen LogP) is 4.82. The zero-order valence-corrected chi connectivity index (χ0v) is 17.9. The minimum atomic E-state index is -0.388. The monoisotopic (exact) mass is 445 g/mol. The first kappa shape index (κ1) is 19.5. The highest BCUT2D eigenvalue weighted by Crippen LogP contribution is 2.35. The number of hydrogen-bond donors (Lipinski definition) is 0. The average Bonchev–Trinajstić information content (AvgIpc) is 3.27. The Labute approximate surface area is 184 Å². The van der Waals surface area contributed by atoms with Crippen LogP contribution in [-0.2, 0) is 0 Å². The number of nitro groups is 1. The van der Waals surface area contributed by atoms with Crippen LogP contribution in [-0.4, -0.2) is 14.3 Å². The molecule has 0 saturated heterocycles. The van der Waals surface area contributed by atoms with E-state index in [-0.39, 0.29) is 16.2 Å². The van der Waals surface area contributed by atoms with Crippen molar-refractivity contribution in [1.29, 1.82) is 0 Å². The van der Waals surface area contributed by atoms with Crippen molar-refractivity contribution in [2.24, 2.45) is 0 Å². The molecule has 8 heteroatoms. The topological polar surface area (TPSA) is 77.5 Å². The number of aromatic nitrogens is 2. The van der Waals surface area contributed by atoms with Gasteiger partial charge in [-0.2, -0.15) is 0 Å². The van der Waals surface area contributed by atoms with Gasteiger partial charge in [0.15, 0.2) is 4.96 Å². The van der Waals surface area contributed by atoms with E-state index in [9.17, 15) is 14.9 Å². The molecule has 5 aromatic rings. The van der Waals surface area contributed by atoms with Gasteiger partial charge in [-0.05, 0) is 48.9 Å². The maximum Gasteiger partial charge on any atom is 0.283 e. The number of nitrogens with zero attached hydrogens (tertiary/aromatic N) is 3. The van der Waals surface area contributed by atoms with Crippen LogP contribution in [0.1, 0.15) is 11.1 Å². The molecule has 0 aliphatic heterocycles. The van der Waals surface area contributed by atoms with Crippen molar-refractivity contribution in [2.75, 3.05) is 0 Å². The molecule has 2 aromatic heterocycles. The summed E-state index contributed by atoms with van der Waals surface area (Å²) in [4.78, 5) is 30.8. The number of fused-ring (bicyclic) bond motifs is 3. The van der Waals surface area contributed by atoms with Crippen LogP contribution in [0.4, 0.5) is 5.69 Å². The number of imidazole rings is 1. The van der Waals surface area contributed by atoms with Crippen LogP contribution in [0.2, 0.25) is 0 Å². The fourth-order valence-corrected chi connectivity index (χ4v) is 5.24. The molecule has 2 heterocycles. The van der Waals surface area contributed by atoms with E-state index in [1.54, 1.807) is 22.6 Å². The van der Waals surface area contributed by atoms with Crippen LogP contribution in [0, 0.1) is 17.0 Å². The molecule has 0 unspecified atom stereocenters. The number of hydrogen-bond acceptors (Lipinski definition) is 6. The first-order chi connectivity index (χ1) is 15.0. The van der Waals surface area contributed by atoms with E-state index < -0.39 is 0 Å².